The second-order valence-electron chi connectivity index (χ2n) is 5.23. The summed E-state index contributed by atoms with van der Waals surface area (Å²) in [6.45, 7) is 1.58. The van der Waals surface area contributed by atoms with E-state index in [1.54, 1.807) is 12.1 Å². The summed E-state index contributed by atoms with van der Waals surface area (Å²) in [5.41, 5.74) is 1.62. The number of thiophene rings is 1. The zero-order valence-electron chi connectivity index (χ0n) is 12.8. The number of halogens is 1. The van der Waals surface area contributed by atoms with E-state index in [4.69, 9.17) is 4.74 Å². The highest BCUT2D eigenvalue weighted by atomic mass is 79.9. The summed E-state index contributed by atoms with van der Waals surface area (Å²) >= 11 is 4.73. The molecule has 1 aromatic heterocycles. The molecule has 0 atom stereocenters. The predicted octanol–water partition coefficient (Wildman–Crippen LogP) is 4.77. The molecule has 0 unspecified atom stereocenters. The van der Waals surface area contributed by atoms with Crippen LogP contribution < -0.4 is 5.32 Å². The molecule has 2 aromatic carbocycles. The summed E-state index contributed by atoms with van der Waals surface area (Å²) in [6.07, 6.45) is 0. The quantitative estimate of drug-likeness (QED) is 0.638. The minimum Gasteiger partial charge on any atom is -0.451 e. The first-order valence-corrected chi connectivity index (χ1v) is 8.85. The lowest BCUT2D eigenvalue weighted by Crippen LogP contribution is -2.21. The van der Waals surface area contributed by atoms with Gasteiger partial charge in [0.25, 0.3) is 5.91 Å². The molecule has 0 fully saturated rings. The van der Waals surface area contributed by atoms with Crippen molar-refractivity contribution in [3.05, 3.63) is 63.4 Å². The van der Waals surface area contributed by atoms with Gasteiger partial charge in [0.05, 0.1) is 0 Å². The number of ether oxygens (including phenoxy) is 1. The van der Waals surface area contributed by atoms with Gasteiger partial charge in [0.15, 0.2) is 6.61 Å². The van der Waals surface area contributed by atoms with Crippen molar-refractivity contribution in [2.24, 2.45) is 0 Å². The molecule has 3 rings (SSSR count). The molecule has 3 aromatic rings. The topological polar surface area (TPSA) is 55.4 Å². The van der Waals surface area contributed by atoms with Gasteiger partial charge >= 0.3 is 5.97 Å². The van der Waals surface area contributed by atoms with Crippen molar-refractivity contribution in [3.8, 4) is 0 Å². The second-order valence-corrected chi connectivity index (χ2v) is 7.23. The van der Waals surface area contributed by atoms with Gasteiger partial charge in [-0.25, -0.2) is 4.79 Å². The number of carbonyl (C=O) groups excluding carboxylic acids is 2. The maximum atomic E-state index is 12.1. The first-order valence-electron chi connectivity index (χ1n) is 7.24. The van der Waals surface area contributed by atoms with Gasteiger partial charge in [0.2, 0.25) is 0 Å². The Morgan fingerprint density at radius 3 is 2.71 bits per heavy atom. The summed E-state index contributed by atoms with van der Waals surface area (Å²) in [6, 6.07) is 15.0. The largest absolute Gasteiger partial charge is 0.451 e. The van der Waals surface area contributed by atoms with Gasteiger partial charge in [0.1, 0.15) is 4.88 Å². The molecule has 1 N–H and O–H groups in total. The van der Waals surface area contributed by atoms with Crippen molar-refractivity contribution in [2.45, 2.75) is 6.92 Å². The fourth-order valence-electron chi connectivity index (χ4n) is 2.24. The van der Waals surface area contributed by atoms with Crippen LogP contribution in [0.15, 0.2) is 53.0 Å². The molecule has 6 heteroatoms. The van der Waals surface area contributed by atoms with Crippen LogP contribution in [0, 0.1) is 6.92 Å². The Bertz CT molecular complexity index is 887. The average Bonchev–Trinajstić information content (AvgIpc) is 2.99. The Morgan fingerprint density at radius 1 is 1.17 bits per heavy atom. The maximum Gasteiger partial charge on any atom is 0.348 e. The number of benzene rings is 2. The van der Waals surface area contributed by atoms with Crippen molar-refractivity contribution in [1.29, 1.82) is 0 Å². The lowest BCUT2D eigenvalue weighted by Gasteiger charge is -2.09. The first-order chi connectivity index (χ1) is 11.5. The standard InChI is InChI=1S/C18H14BrNO3S/c1-11-8-13(19)6-7-14(11)20-17(21)10-23-18(22)16-9-12-4-2-3-5-15(12)24-16/h2-9H,10H2,1H3,(H,20,21). The van der Waals surface area contributed by atoms with Crippen LogP contribution in [0.25, 0.3) is 10.1 Å². The lowest BCUT2D eigenvalue weighted by atomic mass is 10.2. The van der Waals surface area contributed by atoms with Crippen LogP contribution in [-0.4, -0.2) is 18.5 Å². The number of amides is 1. The predicted molar refractivity (Wildman–Crippen MR) is 99.6 cm³/mol. The summed E-state index contributed by atoms with van der Waals surface area (Å²) < 4.78 is 7.06. The molecule has 0 aliphatic rings. The lowest BCUT2D eigenvalue weighted by molar-refractivity contribution is -0.119. The van der Waals surface area contributed by atoms with Gasteiger partial charge in [-0.1, -0.05) is 34.1 Å². The summed E-state index contributed by atoms with van der Waals surface area (Å²) in [5, 5.41) is 3.73. The van der Waals surface area contributed by atoms with E-state index in [9.17, 15) is 9.59 Å². The van der Waals surface area contributed by atoms with Gasteiger partial charge < -0.3 is 10.1 Å². The normalized spacial score (nSPS) is 10.6. The van der Waals surface area contributed by atoms with E-state index in [1.165, 1.54) is 11.3 Å². The molecule has 4 nitrogen and oxygen atoms in total. The number of nitrogens with one attached hydrogen (secondary N) is 1. The van der Waals surface area contributed by atoms with Crippen molar-refractivity contribution >= 4 is 54.9 Å². The molecule has 0 radical (unpaired) electrons. The highest BCUT2D eigenvalue weighted by molar-refractivity contribution is 9.10. The Labute approximate surface area is 151 Å². The third-order valence-electron chi connectivity index (χ3n) is 3.42. The second kappa shape index (κ2) is 7.15. The molecule has 1 heterocycles. The Kier molecular flexibility index (Phi) is 4.97. The van der Waals surface area contributed by atoms with Crippen molar-refractivity contribution in [2.75, 3.05) is 11.9 Å². The third-order valence-corrected chi connectivity index (χ3v) is 5.01. The van der Waals surface area contributed by atoms with E-state index in [-0.39, 0.29) is 12.5 Å². The highest BCUT2D eigenvalue weighted by Crippen LogP contribution is 2.25. The van der Waals surface area contributed by atoms with E-state index in [0.717, 1.165) is 20.1 Å². The SMILES string of the molecule is Cc1cc(Br)ccc1NC(=O)COC(=O)c1cc2ccccc2s1. The maximum absolute atomic E-state index is 12.1. The van der Waals surface area contributed by atoms with Crippen LogP contribution >= 0.6 is 27.3 Å². The Morgan fingerprint density at radius 2 is 1.96 bits per heavy atom. The first kappa shape index (κ1) is 16.7. The zero-order valence-corrected chi connectivity index (χ0v) is 15.2. The van der Waals surface area contributed by atoms with E-state index in [2.05, 4.69) is 21.2 Å². The fraction of sp³-hybridized carbons (Fsp3) is 0.111. The minimum atomic E-state index is -0.487. The monoisotopic (exact) mass is 403 g/mol. The van der Waals surface area contributed by atoms with Gasteiger partial charge in [-0.05, 0) is 48.2 Å². The van der Waals surface area contributed by atoms with Crippen LogP contribution in [0.3, 0.4) is 0 Å². The zero-order chi connectivity index (χ0) is 17.1. The number of esters is 1. The molecule has 0 aliphatic heterocycles. The minimum absolute atomic E-state index is 0.317. The van der Waals surface area contributed by atoms with E-state index < -0.39 is 5.97 Å². The molecule has 0 saturated carbocycles. The molecule has 0 saturated heterocycles. The number of rotatable bonds is 4. The number of anilines is 1. The number of carbonyl (C=O) groups is 2. The van der Waals surface area contributed by atoms with Crippen LogP contribution in [0.4, 0.5) is 5.69 Å². The number of aryl methyl sites for hydroxylation is 1. The molecule has 24 heavy (non-hydrogen) atoms. The van der Waals surface area contributed by atoms with E-state index in [0.29, 0.717) is 10.6 Å². The van der Waals surface area contributed by atoms with Crippen molar-refractivity contribution in [1.82, 2.24) is 0 Å². The van der Waals surface area contributed by atoms with E-state index >= 15 is 0 Å². The molecule has 0 spiro atoms. The summed E-state index contributed by atoms with van der Waals surface area (Å²) in [7, 11) is 0. The molecule has 1 amide bonds. The van der Waals surface area contributed by atoms with Gasteiger partial charge in [-0.15, -0.1) is 11.3 Å². The number of hydrogen-bond acceptors (Lipinski definition) is 4. The van der Waals surface area contributed by atoms with Crippen molar-refractivity contribution < 1.29 is 14.3 Å². The van der Waals surface area contributed by atoms with Crippen molar-refractivity contribution in [3.63, 3.8) is 0 Å². The summed E-state index contributed by atoms with van der Waals surface area (Å²) in [5.74, 6) is -0.853. The van der Waals surface area contributed by atoms with Crippen LogP contribution in [-0.2, 0) is 9.53 Å². The molecular formula is C18H14BrNO3S. The highest BCUT2D eigenvalue weighted by Gasteiger charge is 2.14. The smallest absolute Gasteiger partial charge is 0.348 e. The molecule has 0 aliphatic carbocycles. The Balaban J connectivity index is 1.60. The summed E-state index contributed by atoms with van der Waals surface area (Å²) in [4.78, 5) is 24.5. The molecular weight excluding hydrogens is 390 g/mol. The Hall–Kier alpha value is -2.18. The van der Waals surface area contributed by atoms with Gasteiger partial charge in [0, 0.05) is 14.9 Å². The van der Waals surface area contributed by atoms with Crippen LogP contribution in [0.5, 0.6) is 0 Å². The van der Waals surface area contributed by atoms with Gasteiger partial charge in [-0.3, -0.25) is 4.79 Å². The molecule has 122 valence electrons. The third kappa shape index (κ3) is 3.83. The number of fused-ring (bicyclic) bond motifs is 1. The van der Waals surface area contributed by atoms with Gasteiger partial charge in [-0.2, -0.15) is 0 Å². The van der Waals surface area contributed by atoms with Crippen LogP contribution in [0.1, 0.15) is 15.2 Å². The average molecular weight is 404 g/mol. The van der Waals surface area contributed by atoms with Crippen LogP contribution in [0.2, 0.25) is 0 Å². The molecule has 0 bridgehead atoms. The fourth-order valence-corrected chi connectivity index (χ4v) is 3.67. The van der Waals surface area contributed by atoms with E-state index in [1.807, 2.05) is 43.3 Å². The number of hydrogen-bond donors (Lipinski definition) is 1.